The van der Waals surface area contributed by atoms with E-state index in [-0.39, 0.29) is 16.4 Å². The average molecular weight is 374 g/mol. The van der Waals surface area contributed by atoms with Gasteiger partial charge in [0, 0.05) is 28.2 Å². The maximum absolute atomic E-state index is 12.2. The number of halogens is 1. The summed E-state index contributed by atoms with van der Waals surface area (Å²) >= 11 is 5.79. The van der Waals surface area contributed by atoms with Gasteiger partial charge in [-0.25, -0.2) is 4.79 Å². The summed E-state index contributed by atoms with van der Waals surface area (Å²) in [7, 11) is 0. The summed E-state index contributed by atoms with van der Waals surface area (Å²) in [6, 6.07) is 10.9. The van der Waals surface area contributed by atoms with E-state index < -0.39 is 23.4 Å². The van der Waals surface area contributed by atoms with Crippen molar-refractivity contribution in [3.63, 3.8) is 0 Å². The van der Waals surface area contributed by atoms with Gasteiger partial charge in [0.2, 0.25) is 0 Å². The molecule has 0 aliphatic carbocycles. The number of aromatic nitrogens is 1. The van der Waals surface area contributed by atoms with Crippen LogP contribution in [0.4, 0.5) is 11.4 Å². The fraction of sp³-hybridized carbons (Fsp3) is 0.0588. The molecule has 0 aliphatic rings. The minimum atomic E-state index is -0.719. The van der Waals surface area contributed by atoms with E-state index in [2.05, 4.69) is 10.3 Å². The second-order valence-corrected chi connectivity index (χ2v) is 5.73. The summed E-state index contributed by atoms with van der Waals surface area (Å²) < 4.78 is 4.99. The first-order valence-corrected chi connectivity index (χ1v) is 7.80. The number of aromatic amines is 1. The molecular formula is C17H12ClN3O5. The number of hydrogen-bond acceptors (Lipinski definition) is 5. The van der Waals surface area contributed by atoms with Gasteiger partial charge in [0.15, 0.2) is 6.61 Å². The lowest BCUT2D eigenvalue weighted by Crippen LogP contribution is -2.21. The third-order valence-electron chi connectivity index (χ3n) is 3.57. The number of benzene rings is 2. The number of nitro benzene ring substituents is 1. The Kier molecular flexibility index (Phi) is 4.85. The second-order valence-electron chi connectivity index (χ2n) is 5.29. The van der Waals surface area contributed by atoms with E-state index in [0.717, 1.165) is 5.52 Å². The van der Waals surface area contributed by atoms with Crippen LogP contribution in [-0.2, 0) is 9.53 Å². The van der Waals surface area contributed by atoms with Crippen LogP contribution in [0.3, 0.4) is 0 Å². The number of rotatable bonds is 5. The third-order valence-corrected chi connectivity index (χ3v) is 3.81. The topological polar surface area (TPSA) is 114 Å². The fourth-order valence-corrected chi connectivity index (χ4v) is 2.58. The first kappa shape index (κ1) is 17.4. The van der Waals surface area contributed by atoms with Gasteiger partial charge in [0.25, 0.3) is 11.6 Å². The van der Waals surface area contributed by atoms with Crippen molar-refractivity contribution in [2.75, 3.05) is 11.9 Å². The number of fused-ring (bicyclic) bond motifs is 1. The van der Waals surface area contributed by atoms with Crippen LogP contribution >= 0.6 is 11.6 Å². The van der Waals surface area contributed by atoms with Crippen LogP contribution in [0, 0.1) is 10.1 Å². The Morgan fingerprint density at radius 2 is 2.00 bits per heavy atom. The summed E-state index contributed by atoms with van der Waals surface area (Å²) in [5.41, 5.74) is 0.668. The molecule has 0 bridgehead atoms. The number of amides is 1. The number of para-hydroxylation sites is 1. The molecule has 2 aromatic carbocycles. The molecule has 2 N–H and O–H groups in total. The minimum absolute atomic E-state index is 0.0735. The SMILES string of the molecule is O=C(COC(=O)c1c[nH]c2ccccc12)Nc1cc(Cl)ccc1[N+](=O)[O-]. The minimum Gasteiger partial charge on any atom is -0.452 e. The van der Waals surface area contributed by atoms with E-state index in [1.165, 1.54) is 24.4 Å². The summed E-state index contributed by atoms with van der Waals surface area (Å²) in [5, 5.41) is 14.2. The molecule has 3 aromatic rings. The Labute approximate surface area is 151 Å². The fourth-order valence-electron chi connectivity index (χ4n) is 2.40. The van der Waals surface area contributed by atoms with Gasteiger partial charge in [-0.15, -0.1) is 0 Å². The van der Waals surface area contributed by atoms with Crippen molar-refractivity contribution in [3.8, 4) is 0 Å². The van der Waals surface area contributed by atoms with Crippen molar-refractivity contribution in [2.45, 2.75) is 0 Å². The second kappa shape index (κ2) is 7.24. The highest BCUT2D eigenvalue weighted by atomic mass is 35.5. The maximum atomic E-state index is 12.2. The number of anilines is 1. The van der Waals surface area contributed by atoms with Gasteiger partial charge in [-0.3, -0.25) is 14.9 Å². The van der Waals surface area contributed by atoms with Crippen molar-refractivity contribution in [3.05, 3.63) is 69.4 Å². The van der Waals surface area contributed by atoms with E-state index in [0.29, 0.717) is 10.9 Å². The highest BCUT2D eigenvalue weighted by molar-refractivity contribution is 6.31. The molecule has 0 spiro atoms. The zero-order chi connectivity index (χ0) is 18.7. The zero-order valence-electron chi connectivity index (χ0n) is 13.2. The Hall–Kier alpha value is -3.39. The molecule has 132 valence electrons. The zero-order valence-corrected chi connectivity index (χ0v) is 13.9. The maximum Gasteiger partial charge on any atom is 0.340 e. The van der Waals surface area contributed by atoms with E-state index >= 15 is 0 Å². The largest absolute Gasteiger partial charge is 0.452 e. The van der Waals surface area contributed by atoms with E-state index in [1.807, 2.05) is 6.07 Å². The van der Waals surface area contributed by atoms with E-state index in [9.17, 15) is 19.7 Å². The van der Waals surface area contributed by atoms with Gasteiger partial charge in [-0.05, 0) is 18.2 Å². The van der Waals surface area contributed by atoms with Crippen LogP contribution in [0.5, 0.6) is 0 Å². The highest BCUT2D eigenvalue weighted by Gasteiger charge is 2.18. The molecule has 1 aromatic heterocycles. The smallest absolute Gasteiger partial charge is 0.340 e. The van der Waals surface area contributed by atoms with Crippen molar-refractivity contribution in [2.24, 2.45) is 0 Å². The van der Waals surface area contributed by atoms with Gasteiger partial charge in [-0.2, -0.15) is 0 Å². The number of esters is 1. The van der Waals surface area contributed by atoms with Gasteiger partial charge in [-0.1, -0.05) is 29.8 Å². The number of ether oxygens (including phenoxy) is 1. The van der Waals surface area contributed by atoms with Crippen molar-refractivity contribution in [1.82, 2.24) is 4.98 Å². The molecule has 1 amide bonds. The van der Waals surface area contributed by atoms with Crippen molar-refractivity contribution in [1.29, 1.82) is 0 Å². The summed E-state index contributed by atoms with van der Waals surface area (Å²) in [6.07, 6.45) is 1.49. The lowest BCUT2D eigenvalue weighted by Gasteiger charge is -2.07. The number of hydrogen-bond donors (Lipinski definition) is 2. The van der Waals surface area contributed by atoms with Gasteiger partial charge >= 0.3 is 5.97 Å². The predicted octanol–water partition coefficient (Wildman–Crippen LogP) is 3.53. The molecule has 9 heteroatoms. The lowest BCUT2D eigenvalue weighted by molar-refractivity contribution is -0.383. The van der Waals surface area contributed by atoms with Crippen LogP contribution < -0.4 is 5.32 Å². The van der Waals surface area contributed by atoms with Gasteiger partial charge in [0.05, 0.1) is 10.5 Å². The molecular weight excluding hydrogens is 362 g/mol. The Morgan fingerprint density at radius 3 is 2.77 bits per heavy atom. The molecule has 0 saturated heterocycles. The number of carbonyl (C=O) groups is 2. The standard InChI is InChI=1S/C17H12ClN3O5/c18-10-5-6-15(21(24)25)14(7-10)20-16(22)9-26-17(23)12-8-19-13-4-2-1-3-11(12)13/h1-8,19H,9H2,(H,20,22). The Bertz CT molecular complexity index is 1010. The molecule has 0 atom stereocenters. The van der Waals surface area contributed by atoms with Crippen LogP contribution in [0.25, 0.3) is 10.9 Å². The first-order chi connectivity index (χ1) is 12.5. The number of H-pyrrole nitrogens is 1. The molecule has 0 radical (unpaired) electrons. The summed E-state index contributed by atoms with van der Waals surface area (Å²) in [6.45, 7) is -0.595. The normalized spacial score (nSPS) is 10.5. The summed E-state index contributed by atoms with van der Waals surface area (Å²) in [4.78, 5) is 37.4. The quantitative estimate of drug-likeness (QED) is 0.403. The Balaban J connectivity index is 1.67. The molecule has 8 nitrogen and oxygen atoms in total. The van der Waals surface area contributed by atoms with E-state index in [4.69, 9.17) is 16.3 Å². The molecule has 0 fully saturated rings. The Morgan fingerprint density at radius 1 is 1.23 bits per heavy atom. The van der Waals surface area contributed by atoms with Gasteiger partial charge in [0.1, 0.15) is 5.69 Å². The molecule has 0 saturated carbocycles. The monoisotopic (exact) mass is 373 g/mol. The number of nitrogens with zero attached hydrogens (tertiary/aromatic N) is 1. The predicted molar refractivity (Wildman–Crippen MR) is 95.3 cm³/mol. The van der Waals surface area contributed by atoms with Crippen molar-refractivity contribution >= 4 is 45.8 Å². The van der Waals surface area contributed by atoms with Crippen LogP contribution in [-0.4, -0.2) is 28.4 Å². The van der Waals surface area contributed by atoms with Crippen LogP contribution in [0.1, 0.15) is 10.4 Å². The number of nitro groups is 1. The highest BCUT2D eigenvalue weighted by Crippen LogP contribution is 2.27. The number of nitrogens with one attached hydrogen (secondary N) is 2. The molecule has 0 unspecified atom stereocenters. The number of carbonyl (C=O) groups excluding carboxylic acids is 2. The average Bonchev–Trinajstić information content (AvgIpc) is 3.03. The van der Waals surface area contributed by atoms with Gasteiger partial charge < -0.3 is 15.0 Å². The molecule has 3 rings (SSSR count). The van der Waals surface area contributed by atoms with Crippen LogP contribution in [0.2, 0.25) is 5.02 Å². The first-order valence-electron chi connectivity index (χ1n) is 7.43. The lowest BCUT2D eigenvalue weighted by atomic mass is 10.2. The molecule has 0 aliphatic heterocycles. The third kappa shape index (κ3) is 3.65. The molecule has 1 heterocycles. The van der Waals surface area contributed by atoms with E-state index in [1.54, 1.807) is 18.2 Å². The van der Waals surface area contributed by atoms with Crippen LogP contribution in [0.15, 0.2) is 48.7 Å². The molecule has 26 heavy (non-hydrogen) atoms. The van der Waals surface area contributed by atoms with Crippen molar-refractivity contribution < 1.29 is 19.2 Å². The summed E-state index contributed by atoms with van der Waals surface area (Å²) in [5.74, 6) is -1.40.